The lowest BCUT2D eigenvalue weighted by Gasteiger charge is -2.34. The number of phenols is 1. The van der Waals surface area contributed by atoms with Crippen LogP contribution in [0.4, 0.5) is 4.39 Å². The summed E-state index contributed by atoms with van der Waals surface area (Å²) in [5, 5.41) is 10.0. The summed E-state index contributed by atoms with van der Waals surface area (Å²) in [7, 11) is -3.86. The average Bonchev–Trinajstić information content (AvgIpc) is 3.28. The number of carbonyl (C=O) groups is 1. The van der Waals surface area contributed by atoms with E-state index in [0.717, 1.165) is 5.56 Å². The van der Waals surface area contributed by atoms with Crippen LogP contribution in [0.5, 0.6) is 5.75 Å². The van der Waals surface area contributed by atoms with Crippen LogP contribution < -0.4 is 0 Å². The molecule has 8 nitrogen and oxygen atoms in total. The molecule has 0 saturated carbocycles. The topological polar surface area (TPSA) is 104 Å². The summed E-state index contributed by atoms with van der Waals surface area (Å²) in [6.07, 6.45) is 1.83. The third-order valence-corrected chi connectivity index (χ3v) is 7.50. The van der Waals surface area contributed by atoms with Crippen molar-refractivity contribution in [2.75, 3.05) is 26.2 Å². The van der Waals surface area contributed by atoms with Crippen LogP contribution >= 0.6 is 0 Å². The van der Waals surface area contributed by atoms with Crippen LogP contribution in [0.15, 0.2) is 58.0 Å². The number of hydrogen-bond donors (Lipinski definition) is 1. The van der Waals surface area contributed by atoms with E-state index in [2.05, 4.69) is 4.98 Å². The maximum absolute atomic E-state index is 13.9. The molecule has 0 aliphatic carbocycles. The van der Waals surface area contributed by atoms with Gasteiger partial charge in [0.1, 0.15) is 16.5 Å². The normalized spacial score (nSPS) is 15.0. The zero-order valence-electron chi connectivity index (χ0n) is 18.1. The third-order valence-electron chi connectivity index (χ3n) is 5.57. The Morgan fingerprint density at radius 1 is 1.15 bits per heavy atom. The zero-order chi connectivity index (χ0) is 23.6. The number of aromatic hydroxyl groups is 1. The van der Waals surface area contributed by atoms with Crippen LogP contribution in [0.1, 0.15) is 17.9 Å². The Kier molecular flexibility index (Phi) is 6.48. The Hall–Kier alpha value is -3.24. The number of aromatic nitrogens is 1. The van der Waals surface area contributed by atoms with Gasteiger partial charge in [0, 0.05) is 39.0 Å². The summed E-state index contributed by atoms with van der Waals surface area (Å²) in [5.74, 6) is -0.217. The number of aryl methyl sites for hydroxylation is 2. The van der Waals surface area contributed by atoms with Gasteiger partial charge in [0.15, 0.2) is 11.7 Å². The van der Waals surface area contributed by atoms with Gasteiger partial charge in [-0.15, -0.1) is 0 Å². The number of amides is 1. The van der Waals surface area contributed by atoms with E-state index >= 15 is 0 Å². The van der Waals surface area contributed by atoms with Gasteiger partial charge in [-0.25, -0.2) is 17.8 Å². The molecule has 33 heavy (non-hydrogen) atoms. The molecule has 1 saturated heterocycles. The summed E-state index contributed by atoms with van der Waals surface area (Å²) in [6.45, 7) is 2.52. The van der Waals surface area contributed by atoms with Crippen molar-refractivity contribution in [3.05, 3.63) is 65.9 Å². The number of phenolic OH excluding ortho intramolecular Hbond substituents is 1. The van der Waals surface area contributed by atoms with E-state index in [9.17, 15) is 22.7 Å². The number of piperazine rings is 1. The van der Waals surface area contributed by atoms with E-state index in [-0.39, 0.29) is 55.6 Å². The fourth-order valence-electron chi connectivity index (χ4n) is 3.73. The van der Waals surface area contributed by atoms with E-state index in [4.69, 9.17) is 4.42 Å². The molecule has 1 N–H and O–H groups in total. The second-order valence-corrected chi connectivity index (χ2v) is 9.76. The summed E-state index contributed by atoms with van der Waals surface area (Å²) in [5.41, 5.74) is 1.03. The fourth-order valence-corrected chi connectivity index (χ4v) is 5.32. The molecule has 1 aliphatic heterocycles. The first-order valence-corrected chi connectivity index (χ1v) is 12.0. The molecule has 0 radical (unpaired) electrons. The molecule has 174 valence electrons. The molecule has 1 aliphatic rings. The molecule has 10 heteroatoms. The molecule has 0 unspecified atom stereocenters. The van der Waals surface area contributed by atoms with Crippen molar-refractivity contribution in [3.63, 3.8) is 0 Å². The molecule has 1 aromatic heterocycles. The SMILES string of the molecule is Cc1ccc(O)c(S(=O)(=O)N2CCN(C(=O)CCc3ncc(-c4ccccc4F)o3)CC2)c1. The highest BCUT2D eigenvalue weighted by Crippen LogP contribution is 2.28. The maximum atomic E-state index is 13.9. The first-order chi connectivity index (χ1) is 15.8. The Morgan fingerprint density at radius 2 is 1.88 bits per heavy atom. The van der Waals surface area contributed by atoms with Crippen LogP contribution in [0.2, 0.25) is 0 Å². The van der Waals surface area contributed by atoms with Gasteiger partial charge in [0.2, 0.25) is 15.9 Å². The van der Waals surface area contributed by atoms with Crippen LogP contribution in [-0.2, 0) is 21.2 Å². The van der Waals surface area contributed by atoms with Crippen LogP contribution in [-0.4, -0.2) is 59.8 Å². The molecule has 0 atom stereocenters. The number of nitrogens with zero attached hydrogens (tertiary/aromatic N) is 3. The van der Waals surface area contributed by atoms with Gasteiger partial charge in [0.05, 0.1) is 11.8 Å². The fraction of sp³-hybridized carbons (Fsp3) is 0.304. The summed E-state index contributed by atoms with van der Waals surface area (Å²) < 4.78 is 46.6. The van der Waals surface area contributed by atoms with Crippen LogP contribution in [0.3, 0.4) is 0 Å². The summed E-state index contributed by atoms with van der Waals surface area (Å²) >= 11 is 0. The minimum absolute atomic E-state index is 0.128. The predicted molar refractivity (Wildman–Crippen MR) is 118 cm³/mol. The largest absolute Gasteiger partial charge is 0.507 e. The van der Waals surface area contributed by atoms with Crippen LogP contribution in [0.25, 0.3) is 11.3 Å². The first-order valence-electron chi connectivity index (χ1n) is 10.5. The van der Waals surface area contributed by atoms with Crippen molar-refractivity contribution >= 4 is 15.9 Å². The lowest BCUT2D eigenvalue weighted by atomic mass is 10.2. The molecule has 1 amide bonds. The molecule has 0 bridgehead atoms. The number of rotatable bonds is 6. The van der Waals surface area contributed by atoms with E-state index in [1.54, 1.807) is 36.1 Å². The van der Waals surface area contributed by atoms with Crippen LogP contribution in [0, 0.1) is 12.7 Å². The Bertz CT molecular complexity index is 1270. The number of benzene rings is 2. The van der Waals surface area contributed by atoms with Crippen molar-refractivity contribution in [1.29, 1.82) is 0 Å². The monoisotopic (exact) mass is 473 g/mol. The molecular formula is C23H24FN3O5S. The molecular weight excluding hydrogens is 449 g/mol. The predicted octanol–water partition coefficient (Wildman–Crippen LogP) is 2.96. The van der Waals surface area contributed by atoms with Crippen molar-refractivity contribution in [3.8, 4) is 17.1 Å². The van der Waals surface area contributed by atoms with Gasteiger partial charge < -0.3 is 14.4 Å². The van der Waals surface area contributed by atoms with Gasteiger partial charge >= 0.3 is 0 Å². The highest BCUT2D eigenvalue weighted by Gasteiger charge is 2.31. The van der Waals surface area contributed by atoms with E-state index in [1.165, 1.54) is 28.7 Å². The number of halogens is 1. The molecule has 3 aromatic rings. The van der Waals surface area contributed by atoms with Gasteiger partial charge in [-0.3, -0.25) is 4.79 Å². The second kappa shape index (κ2) is 9.32. The highest BCUT2D eigenvalue weighted by atomic mass is 32.2. The third kappa shape index (κ3) is 4.91. The van der Waals surface area contributed by atoms with Crippen molar-refractivity contribution in [2.24, 2.45) is 0 Å². The molecule has 4 rings (SSSR count). The zero-order valence-corrected chi connectivity index (χ0v) is 18.9. The Morgan fingerprint density at radius 3 is 2.61 bits per heavy atom. The Balaban J connectivity index is 1.33. The number of carbonyl (C=O) groups excluding carboxylic acids is 1. The quantitative estimate of drug-likeness (QED) is 0.590. The van der Waals surface area contributed by atoms with Gasteiger partial charge in [-0.05, 0) is 36.8 Å². The standard InChI is InChI=1S/C23H24FN3O5S/c1-16-6-7-19(28)21(14-16)33(30,31)27-12-10-26(11-13-27)23(29)9-8-22-25-15-20(32-22)17-4-2-3-5-18(17)24/h2-7,14-15,28H,8-13H2,1H3. The molecule has 2 aromatic carbocycles. The molecule has 1 fully saturated rings. The lowest BCUT2D eigenvalue weighted by Crippen LogP contribution is -2.50. The minimum Gasteiger partial charge on any atom is -0.507 e. The lowest BCUT2D eigenvalue weighted by molar-refractivity contribution is -0.132. The van der Waals surface area contributed by atoms with Crippen molar-refractivity contribution in [1.82, 2.24) is 14.2 Å². The van der Waals surface area contributed by atoms with E-state index < -0.39 is 15.8 Å². The molecule has 0 spiro atoms. The van der Waals surface area contributed by atoms with Gasteiger partial charge in [-0.2, -0.15) is 4.31 Å². The highest BCUT2D eigenvalue weighted by molar-refractivity contribution is 7.89. The van der Waals surface area contributed by atoms with Crippen molar-refractivity contribution in [2.45, 2.75) is 24.7 Å². The number of oxazole rings is 1. The van der Waals surface area contributed by atoms with E-state index in [0.29, 0.717) is 17.2 Å². The average molecular weight is 474 g/mol. The van der Waals surface area contributed by atoms with Crippen molar-refractivity contribution < 1.29 is 27.1 Å². The first kappa shape index (κ1) is 22.9. The van der Waals surface area contributed by atoms with Gasteiger partial charge in [-0.1, -0.05) is 18.2 Å². The smallest absolute Gasteiger partial charge is 0.246 e. The van der Waals surface area contributed by atoms with Gasteiger partial charge in [0.25, 0.3) is 0 Å². The minimum atomic E-state index is -3.86. The summed E-state index contributed by atoms with van der Waals surface area (Å²) in [6, 6.07) is 10.7. The maximum Gasteiger partial charge on any atom is 0.246 e. The Labute approximate surface area is 191 Å². The number of hydrogen-bond acceptors (Lipinski definition) is 6. The van der Waals surface area contributed by atoms with E-state index in [1.807, 2.05) is 0 Å². The summed E-state index contributed by atoms with van der Waals surface area (Å²) in [4.78, 5) is 18.2. The number of sulfonamides is 1. The molecule has 2 heterocycles. The second-order valence-electron chi connectivity index (χ2n) is 7.85.